The standard InChI is InChI=1S/C22H22Cl2O6/c1-12(2)15-6-13(4-5-20(15)30-11-29-3)7-16-18(23)9-14(10-19(16)24)8-17(21(25)26)22(27)28/h4-6,8-10,12H,7,11H2,1-3H3,(H,25,26)(H,27,28). The van der Waals surface area contributed by atoms with Crippen LogP contribution in [-0.4, -0.2) is 36.1 Å². The summed E-state index contributed by atoms with van der Waals surface area (Å²) in [6, 6.07) is 8.78. The fourth-order valence-electron chi connectivity index (χ4n) is 2.87. The molecule has 0 amide bonds. The van der Waals surface area contributed by atoms with Gasteiger partial charge in [-0.25, -0.2) is 9.59 Å². The van der Waals surface area contributed by atoms with Crippen molar-refractivity contribution in [3.63, 3.8) is 0 Å². The summed E-state index contributed by atoms with van der Waals surface area (Å²) in [6.45, 7) is 4.27. The Hall–Kier alpha value is -2.54. The van der Waals surface area contributed by atoms with E-state index in [1.54, 1.807) is 7.11 Å². The Morgan fingerprint density at radius 1 is 1.07 bits per heavy atom. The Balaban J connectivity index is 2.38. The van der Waals surface area contributed by atoms with Gasteiger partial charge in [0.25, 0.3) is 0 Å². The smallest absolute Gasteiger partial charge is 0.343 e. The van der Waals surface area contributed by atoms with E-state index in [1.165, 1.54) is 12.1 Å². The molecular formula is C22H22Cl2O6. The van der Waals surface area contributed by atoms with Crippen LogP contribution in [0.5, 0.6) is 5.75 Å². The monoisotopic (exact) mass is 452 g/mol. The number of methoxy groups -OCH3 is 1. The molecule has 0 atom stereocenters. The van der Waals surface area contributed by atoms with Crippen LogP contribution in [0.4, 0.5) is 0 Å². The third-order valence-electron chi connectivity index (χ3n) is 4.34. The van der Waals surface area contributed by atoms with Gasteiger partial charge < -0.3 is 19.7 Å². The number of rotatable bonds is 9. The maximum absolute atomic E-state index is 11.1. The highest BCUT2D eigenvalue weighted by molar-refractivity contribution is 6.36. The minimum absolute atomic E-state index is 0.153. The zero-order chi connectivity index (χ0) is 22.4. The molecule has 0 saturated carbocycles. The molecule has 0 unspecified atom stereocenters. The van der Waals surface area contributed by atoms with Gasteiger partial charge in [0.15, 0.2) is 6.79 Å². The second kappa shape index (κ2) is 10.5. The van der Waals surface area contributed by atoms with Gasteiger partial charge in [-0.3, -0.25) is 0 Å². The molecule has 2 N–H and O–H groups in total. The molecule has 2 aromatic carbocycles. The lowest BCUT2D eigenvalue weighted by molar-refractivity contribution is -0.140. The van der Waals surface area contributed by atoms with Crippen molar-refractivity contribution in [2.75, 3.05) is 13.9 Å². The van der Waals surface area contributed by atoms with Crippen molar-refractivity contribution < 1.29 is 29.3 Å². The molecule has 2 aromatic rings. The average molecular weight is 453 g/mol. The molecular weight excluding hydrogens is 431 g/mol. The quantitative estimate of drug-likeness (QED) is 0.233. The molecule has 0 heterocycles. The Kier molecular flexibility index (Phi) is 8.29. The van der Waals surface area contributed by atoms with E-state index in [9.17, 15) is 9.59 Å². The van der Waals surface area contributed by atoms with Crippen molar-refractivity contribution in [1.82, 2.24) is 0 Å². The molecule has 6 nitrogen and oxygen atoms in total. The lowest BCUT2D eigenvalue weighted by Gasteiger charge is -2.16. The number of aliphatic carboxylic acids is 2. The molecule has 0 spiro atoms. The summed E-state index contributed by atoms with van der Waals surface area (Å²) in [6.07, 6.45) is 1.46. The summed E-state index contributed by atoms with van der Waals surface area (Å²) < 4.78 is 10.6. The third kappa shape index (κ3) is 5.98. The Morgan fingerprint density at radius 3 is 2.17 bits per heavy atom. The van der Waals surface area contributed by atoms with E-state index >= 15 is 0 Å². The number of carboxylic acid groups (broad SMARTS) is 2. The van der Waals surface area contributed by atoms with Crippen LogP contribution in [0.1, 0.15) is 42.0 Å². The predicted octanol–water partition coefficient (Wildman–Crippen LogP) is 5.24. The number of carbonyl (C=O) groups is 2. The van der Waals surface area contributed by atoms with Crippen molar-refractivity contribution >= 4 is 41.2 Å². The van der Waals surface area contributed by atoms with Gasteiger partial charge in [0, 0.05) is 23.6 Å². The topological polar surface area (TPSA) is 93.1 Å². The highest BCUT2D eigenvalue weighted by Gasteiger charge is 2.17. The zero-order valence-corrected chi connectivity index (χ0v) is 18.3. The van der Waals surface area contributed by atoms with Gasteiger partial charge in [-0.2, -0.15) is 0 Å². The second-order valence-electron chi connectivity index (χ2n) is 6.89. The summed E-state index contributed by atoms with van der Waals surface area (Å²) in [5.74, 6) is -2.13. The van der Waals surface area contributed by atoms with Crippen LogP contribution in [0.3, 0.4) is 0 Å². The van der Waals surface area contributed by atoms with E-state index in [2.05, 4.69) is 13.8 Å². The summed E-state index contributed by atoms with van der Waals surface area (Å²) >= 11 is 12.8. The van der Waals surface area contributed by atoms with Gasteiger partial charge in [-0.05, 0) is 52.4 Å². The minimum atomic E-state index is -1.55. The van der Waals surface area contributed by atoms with Crippen molar-refractivity contribution in [1.29, 1.82) is 0 Å². The van der Waals surface area contributed by atoms with Crippen LogP contribution in [0.15, 0.2) is 35.9 Å². The molecule has 160 valence electrons. The first kappa shape index (κ1) is 23.7. The van der Waals surface area contributed by atoms with Gasteiger partial charge in [-0.15, -0.1) is 0 Å². The second-order valence-corrected chi connectivity index (χ2v) is 7.70. The van der Waals surface area contributed by atoms with Crippen LogP contribution >= 0.6 is 23.2 Å². The van der Waals surface area contributed by atoms with Crippen molar-refractivity contribution in [3.05, 3.63) is 68.2 Å². The highest BCUT2D eigenvalue weighted by Crippen LogP contribution is 2.33. The van der Waals surface area contributed by atoms with Crippen molar-refractivity contribution in [2.24, 2.45) is 0 Å². The Morgan fingerprint density at radius 2 is 1.67 bits per heavy atom. The predicted molar refractivity (Wildman–Crippen MR) is 116 cm³/mol. The zero-order valence-electron chi connectivity index (χ0n) is 16.7. The van der Waals surface area contributed by atoms with Gasteiger partial charge in [0.2, 0.25) is 0 Å². The summed E-state index contributed by atoms with van der Waals surface area (Å²) in [5.41, 5.74) is 2.15. The molecule has 2 rings (SSSR count). The maximum atomic E-state index is 11.1. The third-order valence-corrected chi connectivity index (χ3v) is 5.02. The molecule has 0 aromatic heterocycles. The summed E-state index contributed by atoms with van der Waals surface area (Å²) in [5, 5.41) is 18.6. The fraction of sp³-hybridized carbons (Fsp3) is 0.273. The van der Waals surface area contributed by atoms with Gasteiger partial charge >= 0.3 is 11.9 Å². The maximum Gasteiger partial charge on any atom is 0.343 e. The Labute approximate surface area is 184 Å². The number of ether oxygens (including phenoxy) is 2. The lowest BCUT2D eigenvalue weighted by Crippen LogP contribution is -2.10. The van der Waals surface area contributed by atoms with Gasteiger partial charge in [0.1, 0.15) is 11.3 Å². The van der Waals surface area contributed by atoms with Crippen molar-refractivity contribution in [2.45, 2.75) is 26.2 Å². The van der Waals surface area contributed by atoms with E-state index in [1.807, 2.05) is 18.2 Å². The van der Waals surface area contributed by atoms with Crippen LogP contribution in [0, 0.1) is 0 Å². The lowest BCUT2D eigenvalue weighted by atomic mass is 9.96. The molecule has 0 radical (unpaired) electrons. The van der Waals surface area contributed by atoms with Crippen LogP contribution in [0.2, 0.25) is 10.0 Å². The molecule has 30 heavy (non-hydrogen) atoms. The molecule has 0 aliphatic carbocycles. The number of halogens is 2. The molecule has 0 saturated heterocycles. The number of benzene rings is 2. The fourth-order valence-corrected chi connectivity index (χ4v) is 3.51. The normalized spacial score (nSPS) is 10.7. The van der Waals surface area contributed by atoms with E-state index < -0.39 is 17.5 Å². The van der Waals surface area contributed by atoms with Crippen LogP contribution in [-0.2, 0) is 20.7 Å². The SMILES string of the molecule is COCOc1ccc(Cc2c(Cl)cc(C=C(C(=O)O)C(=O)O)cc2Cl)cc1C(C)C. The van der Waals surface area contributed by atoms with E-state index in [0.29, 0.717) is 27.6 Å². The molecule has 8 heteroatoms. The summed E-state index contributed by atoms with van der Waals surface area (Å²) in [7, 11) is 1.56. The summed E-state index contributed by atoms with van der Waals surface area (Å²) in [4.78, 5) is 22.1. The minimum Gasteiger partial charge on any atom is -0.477 e. The number of carboxylic acids is 2. The van der Waals surface area contributed by atoms with Gasteiger partial charge in [-0.1, -0.05) is 49.2 Å². The first-order valence-corrected chi connectivity index (χ1v) is 9.80. The number of hydrogen-bond acceptors (Lipinski definition) is 4. The van der Waals surface area contributed by atoms with Crippen LogP contribution in [0.25, 0.3) is 6.08 Å². The average Bonchev–Trinajstić information content (AvgIpc) is 2.67. The largest absolute Gasteiger partial charge is 0.477 e. The first-order valence-electron chi connectivity index (χ1n) is 9.04. The van der Waals surface area contributed by atoms with Crippen molar-refractivity contribution in [3.8, 4) is 5.75 Å². The molecule has 0 aliphatic rings. The molecule has 0 fully saturated rings. The number of hydrogen-bond donors (Lipinski definition) is 2. The van der Waals surface area contributed by atoms with E-state index in [-0.39, 0.29) is 12.7 Å². The van der Waals surface area contributed by atoms with E-state index in [0.717, 1.165) is 23.0 Å². The van der Waals surface area contributed by atoms with Crippen LogP contribution < -0.4 is 4.74 Å². The molecule has 0 aliphatic heterocycles. The molecule has 0 bridgehead atoms. The Bertz CT molecular complexity index is 943. The first-order chi connectivity index (χ1) is 14.1. The van der Waals surface area contributed by atoms with E-state index in [4.69, 9.17) is 42.9 Å². The highest BCUT2D eigenvalue weighted by atomic mass is 35.5. The van der Waals surface area contributed by atoms with Gasteiger partial charge in [0.05, 0.1) is 0 Å².